The fourth-order valence-corrected chi connectivity index (χ4v) is 3.74. The van der Waals surface area contributed by atoms with Gasteiger partial charge < -0.3 is 25.1 Å². The van der Waals surface area contributed by atoms with Crippen LogP contribution in [0.5, 0.6) is 11.5 Å². The van der Waals surface area contributed by atoms with E-state index < -0.39 is 24.4 Å². The first-order chi connectivity index (χ1) is 16.6. The van der Waals surface area contributed by atoms with Gasteiger partial charge in [-0.05, 0) is 26.0 Å². The highest BCUT2D eigenvalue weighted by Gasteiger charge is 2.30. The van der Waals surface area contributed by atoms with Crippen molar-refractivity contribution >= 4 is 45.3 Å². The van der Waals surface area contributed by atoms with E-state index in [4.69, 9.17) is 26.1 Å². The maximum absolute atomic E-state index is 12.6. The van der Waals surface area contributed by atoms with Gasteiger partial charge in [0.05, 0.1) is 31.3 Å². The highest BCUT2D eigenvalue weighted by Crippen LogP contribution is 2.37. The Kier molecular flexibility index (Phi) is 6.62. The van der Waals surface area contributed by atoms with Crippen LogP contribution in [0.2, 0.25) is 5.02 Å². The standard InChI is InChI=1S/C23H23ClF2N6O3.3H2/c1-23(2,22(33)29-10-18(25)26)32-21-13-6-16(34-3)17(35-4)7-15(13)30-20(31-21)14-9-28-19-12(14)5-11(24)8-27-19;;;/h5-9,18H,10H2,1-4H3,(H,27,28)(H,29,33)(H,30,31,32);3*1H. The third kappa shape index (κ3) is 4.90. The Morgan fingerprint density at radius 1 is 1.17 bits per heavy atom. The van der Waals surface area contributed by atoms with E-state index in [9.17, 15) is 13.6 Å². The minimum Gasteiger partial charge on any atom is -0.493 e. The second-order valence-corrected chi connectivity index (χ2v) is 8.66. The van der Waals surface area contributed by atoms with Crippen molar-refractivity contribution in [3.63, 3.8) is 0 Å². The van der Waals surface area contributed by atoms with Gasteiger partial charge in [0, 0.05) is 39.1 Å². The molecule has 3 aromatic heterocycles. The van der Waals surface area contributed by atoms with Crippen molar-refractivity contribution in [3.05, 3.63) is 35.6 Å². The summed E-state index contributed by atoms with van der Waals surface area (Å²) in [6.07, 6.45) is 0.566. The molecule has 190 valence electrons. The normalized spacial score (nSPS) is 11.8. The van der Waals surface area contributed by atoms with Crippen LogP contribution in [-0.2, 0) is 4.79 Å². The van der Waals surface area contributed by atoms with E-state index in [1.807, 2.05) is 0 Å². The summed E-state index contributed by atoms with van der Waals surface area (Å²) in [7, 11) is 3.01. The van der Waals surface area contributed by atoms with Gasteiger partial charge in [-0.15, -0.1) is 0 Å². The van der Waals surface area contributed by atoms with Gasteiger partial charge >= 0.3 is 0 Å². The molecule has 0 saturated heterocycles. The molecule has 0 spiro atoms. The molecular formula is C23H29ClF2N6O3. The molecule has 0 aliphatic carbocycles. The summed E-state index contributed by atoms with van der Waals surface area (Å²) >= 11 is 6.15. The van der Waals surface area contributed by atoms with E-state index >= 15 is 0 Å². The molecule has 0 unspecified atom stereocenters. The summed E-state index contributed by atoms with van der Waals surface area (Å²) in [6, 6.07) is 5.11. The Bertz CT molecular complexity index is 1420. The van der Waals surface area contributed by atoms with E-state index in [0.717, 1.165) is 0 Å². The molecule has 0 radical (unpaired) electrons. The van der Waals surface area contributed by atoms with Gasteiger partial charge in [-0.2, -0.15) is 0 Å². The fourth-order valence-electron chi connectivity index (χ4n) is 3.58. The number of halogens is 3. The lowest BCUT2D eigenvalue weighted by molar-refractivity contribution is -0.125. The van der Waals surface area contributed by atoms with Gasteiger partial charge in [0.1, 0.15) is 17.0 Å². The molecule has 0 bridgehead atoms. The highest BCUT2D eigenvalue weighted by atomic mass is 35.5. The van der Waals surface area contributed by atoms with Crippen LogP contribution in [0.4, 0.5) is 14.6 Å². The van der Waals surface area contributed by atoms with Crippen molar-refractivity contribution in [2.75, 3.05) is 26.1 Å². The molecule has 1 aromatic carbocycles. The zero-order valence-corrected chi connectivity index (χ0v) is 20.1. The molecule has 0 atom stereocenters. The molecule has 0 aliphatic rings. The number of aromatic nitrogens is 4. The van der Waals surface area contributed by atoms with Gasteiger partial charge in [-0.1, -0.05) is 11.6 Å². The number of pyridine rings is 1. The Balaban J connectivity index is 0.00000241. The Morgan fingerprint density at radius 3 is 2.57 bits per heavy atom. The molecule has 0 saturated carbocycles. The van der Waals surface area contributed by atoms with Gasteiger partial charge in [-0.3, -0.25) is 4.79 Å². The van der Waals surface area contributed by atoms with Crippen molar-refractivity contribution in [2.45, 2.75) is 25.8 Å². The van der Waals surface area contributed by atoms with E-state index in [0.29, 0.717) is 55.7 Å². The van der Waals surface area contributed by atoms with E-state index in [2.05, 4.69) is 25.6 Å². The summed E-state index contributed by atoms with van der Waals surface area (Å²) in [5, 5.41) is 7.01. The number of alkyl halides is 2. The minimum atomic E-state index is -2.67. The first kappa shape index (κ1) is 24.4. The molecule has 4 aromatic rings. The number of benzene rings is 1. The van der Waals surface area contributed by atoms with Crippen LogP contribution in [0.1, 0.15) is 18.1 Å². The van der Waals surface area contributed by atoms with Gasteiger partial charge in [0.2, 0.25) is 5.91 Å². The lowest BCUT2D eigenvalue weighted by atomic mass is 10.0. The van der Waals surface area contributed by atoms with E-state index in [1.54, 1.807) is 38.2 Å². The quantitative estimate of drug-likeness (QED) is 0.300. The predicted molar refractivity (Wildman–Crippen MR) is 136 cm³/mol. The Morgan fingerprint density at radius 2 is 1.89 bits per heavy atom. The number of hydrogen-bond acceptors (Lipinski definition) is 7. The van der Waals surface area contributed by atoms with Gasteiger partial charge in [0.25, 0.3) is 6.43 Å². The highest BCUT2D eigenvalue weighted by molar-refractivity contribution is 6.31. The van der Waals surface area contributed by atoms with Crippen LogP contribution in [0.3, 0.4) is 0 Å². The lowest BCUT2D eigenvalue weighted by Crippen LogP contribution is -2.49. The molecule has 3 N–H and O–H groups in total. The zero-order valence-electron chi connectivity index (χ0n) is 19.4. The smallest absolute Gasteiger partial charge is 0.255 e. The molecule has 4 rings (SSSR count). The summed E-state index contributed by atoms with van der Waals surface area (Å²) in [5.41, 5.74) is 0.450. The van der Waals surface area contributed by atoms with Crippen molar-refractivity contribution in [3.8, 4) is 22.9 Å². The summed E-state index contributed by atoms with van der Waals surface area (Å²) < 4.78 is 36.1. The van der Waals surface area contributed by atoms with Crippen molar-refractivity contribution < 1.29 is 27.3 Å². The molecular weight excluding hydrogens is 482 g/mol. The summed E-state index contributed by atoms with van der Waals surface area (Å²) in [6.45, 7) is 2.38. The maximum Gasteiger partial charge on any atom is 0.255 e. The predicted octanol–water partition coefficient (Wildman–Crippen LogP) is 5.15. The first-order valence-electron chi connectivity index (χ1n) is 10.5. The number of aromatic amines is 1. The molecule has 35 heavy (non-hydrogen) atoms. The number of methoxy groups -OCH3 is 2. The summed E-state index contributed by atoms with van der Waals surface area (Å²) in [5.74, 6) is 0.893. The zero-order chi connectivity index (χ0) is 25.3. The van der Waals surface area contributed by atoms with E-state index in [-0.39, 0.29) is 4.28 Å². The number of fused-ring (bicyclic) bond motifs is 2. The maximum atomic E-state index is 12.6. The molecule has 0 fully saturated rings. The SMILES string of the molecule is COc1cc2nc(-c3c[nH]c4ncc(Cl)cc34)nc(NC(C)(C)C(=O)NCC(F)F)c2cc1OC.[HH].[HH].[HH]. The monoisotopic (exact) mass is 510 g/mol. The third-order valence-corrected chi connectivity index (χ3v) is 5.56. The van der Waals surface area contributed by atoms with E-state index in [1.165, 1.54) is 20.4 Å². The van der Waals surface area contributed by atoms with Crippen LogP contribution in [0, 0.1) is 0 Å². The largest absolute Gasteiger partial charge is 0.493 e. The van der Waals surface area contributed by atoms with Crippen LogP contribution < -0.4 is 20.1 Å². The topological polar surface area (TPSA) is 114 Å². The van der Waals surface area contributed by atoms with Gasteiger partial charge in [0.15, 0.2) is 17.3 Å². The van der Waals surface area contributed by atoms with Gasteiger partial charge in [-0.25, -0.2) is 23.7 Å². The number of carbonyl (C=O) groups excluding carboxylic acids is 1. The van der Waals surface area contributed by atoms with Crippen LogP contribution >= 0.6 is 11.6 Å². The second-order valence-electron chi connectivity index (χ2n) is 8.22. The first-order valence-corrected chi connectivity index (χ1v) is 10.9. The number of rotatable bonds is 8. The van der Waals surface area contributed by atoms with Crippen molar-refractivity contribution in [1.29, 1.82) is 0 Å². The average Bonchev–Trinajstić information content (AvgIpc) is 3.24. The number of anilines is 1. The van der Waals surface area contributed by atoms with Crippen LogP contribution in [0.15, 0.2) is 30.6 Å². The number of ether oxygens (including phenoxy) is 2. The van der Waals surface area contributed by atoms with Crippen molar-refractivity contribution in [1.82, 2.24) is 25.3 Å². The molecule has 0 aliphatic heterocycles. The third-order valence-electron chi connectivity index (χ3n) is 5.36. The Hall–Kier alpha value is -3.73. The van der Waals surface area contributed by atoms with Crippen LogP contribution in [0.25, 0.3) is 33.3 Å². The molecule has 3 heterocycles. The number of amides is 1. The second kappa shape index (κ2) is 9.49. The van der Waals surface area contributed by atoms with Crippen molar-refractivity contribution in [2.24, 2.45) is 0 Å². The number of nitrogens with one attached hydrogen (secondary N) is 3. The minimum absolute atomic E-state index is 0. The molecule has 9 nitrogen and oxygen atoms in total. The van der Waals surface area contributed by atoms with Crippen LogP contribution in [-0.4, -0.2) is 58.6 Å². The number of nitrogens with zero attached hydrogens (tertiary/aromatic N) is 3. The molecule has 1 amide bonds. The number of H-pyrrole nitrogens is 1. The Labute approximate surface area is 208 Å². The number of hydrogen-bond donors (Lipinski definition) is 3. The molecule has 12 heteroatoms. The lowest BCUT2D eigenvalue weighted by Gasteiger charge is -2.26. The fraction of sp³-hybridized carbons (Fsp3) is 0.304. The number of carbonyl (C=O) groups is 1. The summed E-state index contributed by atoms with van der Waals surface area (Å²) in [4.78, 5) is 29.4. The average molecular weight is 511 g/mol.